The van der Waals surface area contributed by atoms with Gasteiger partial charge in [0.1, 0.15) is 0 Å². The van der Waals surface area contributed by atoms with Crippen LogP contribution in [-0.4, -0.2) is 31.6 Å². The van der Waals surface area contributed by atoms with Gasteiger partial charge in [0, 0.05) is 7.05 Å². The van der Waals surface area contributed by atoms with Crippen molar-refractivity contribution >= 4 is 12.5 Å². The first-order valence-electron chi connectivity index (χ1n) is 1.98. The molecule has 0 aliphatic carbocycles. The summed E-state index contributed by atoms with van der Waals surface area (Å²) in [5, 5.41) is 0. The van der Waals surface area contributed by atoms with Crippen molar-refractivity contribution in [2.24, 2.45) is 0 Å². The van der Waals surface area contributed by atoms with E-state index in [2.05, 4.69) is 4.74 Å². The lowest BCUT2D eigenvalue weighted by Gasteiger charge is -2.03. The van der Waals surface area contributed by atoms with E-state index in [1.165, 1.54) is 14.2 Å². The van der Waals surface area contributed by atoms with Gasteiger partial charge >= 0.3 is 6.09 Å². The lowest BCUT2D eigenvalue weighted by atomic mass is 10.9. The van der Waals surface area contributed by atoms with E-state index in [1.807, 2.05) is 0 Å². The van der Waals surface area contributed by atoms with Crippen molar-refractivity contribution in [2.75, 3.05) is 14.2 Å². The summed E-state index contributed by atoms with van der Waals surface area (Å²) < 4.78 is 4.16. The highest BCUT2D eigenvalue weighted by Crippen LogP contribution is 1.79. The van der Waals surface area contributed by atoms with Gasteiger partial charge in [-0.3, -0.25) is 9.69 Å². The fourth-order valence-corrected chi connectivity index (χ4v) is 0.187. The minimum absolute atomic E-state index is 0.381. The molecule has 0 N–H and O–H groups in total. The molecule has 46 valence electrons. The van der Waals surface area contributed by atoms with Gasteiger partial charge in [0.25, 0.3) is 0 Å². The topological polar surface area (TPSA) is 46.6 Å². The summed E-state index contributed by atoms with van der Waals surface area (Å²) in [4.78, 5) is 20.8. The highest BCUT2D eigenvalue weighted by Gasteiger charge is 2.03. The van der Waals surface area contributed by atoms with Gasteiger partial charge in [-0.2, -0.15) is 0 Å². The molecule has 0 unspecified atom stereocenters. The van der Waals surface area contributed by atoms with Crippen LogP contribution in [0.2, 0.25) is 0 Å². The van der Waals surface area contributed by atoms with Crippen LogP contribution in [0.15, 0.2) is 0 Å². The average molecular weight is 117 g/mol. The fourth-order valence-electron chi connectivity index (χ4n) is 0.187. The van der Waals surface area contributed by atoms with Gasteiger partial charge in [-0.1, -0.05) is 0 Å². The molecule has 4 heteroatoms. The first kappa shape index (κ1) is 6.94. The Labute approximate surface area is 47.0 Å². The van der Waals surface area contributed by atoms with Crippen LogP contribution in [0.5, 0.6) is 0 Å². The van der Waals surface area contributed by atoms with E-state index in [0.717, 1.165) is 4.90 Å². The zero-order valence-corrected chi connectivity index (χ0v) is 4.75. The summed E-state index contributed by atoms with van der Waals surface area (Å²) in [5.74, 6) is 0. The number of imide groups is 1. The standard InChI is InChI=1S/C4H7NO3/c1-5(3-6)4(7)8-2/h3H,1-2H3. The molecule has 2 amide bonds. The Hall–Kier alpha value is -1.06. The van der Waals surface area contributed by atoms with Crippen LogP contribution in [0.3, 0.4) is 0 Å². The van der Waals surface area contributed by atoms with E-state index in [9.17, 15) is 9.59 Å². The largest absolute Gasteiger partial charge is 0.452 e. The van der Waals surface area contributed by atoms with Crippen LogP contribution in [-0.2, 0) is 9.53 Å². The van der Waals surface area contributed by atoms with E-state index in [4.69, 9.17) is 0 Å². The first-order valence-corrected chi connectivity index (χ1v) is 1.98. The third-order valence-electron chi connectivity index (χ3n) is 0.621. The van der Waals surface area contributed by atoms with Gasteiger partial charge in [0.15, 0.2) is 0 Å². The number of nitrogens with zero attached hydrogens (tertiary/aromatic N) is 1. The Morgan fingerprint density at radius 2 is 2.25 bits per heavy atom. The Morgan fingerprint density at radius 3 is 2.38 bits per heavy atom. The first-order chi connectivity index (χ1) is 3.72. The van der Waals surface area contributed by atoms with Crippen molar-refractivity contribution < 1.29 is 14.3 Å². The molecule has 0 bridgehead atoms. The van der Waals surface area contributed by atoms with Gasteiger partial charge in [0.05, 0.1) is 7.11 Å². The number of amides is 2. The Kier molecular flexibility index (Phi) is 2.61. The molecule has 0 atom stereocenters. The fraction of sp³-hybridized carbons (Fsp3) is 0.500. The van der Waals surface area contributed by atoms with Gasteiger partial charge in [-0.05, 0) is 0 Å². The monoisotopic (exact) mass is 117 g/mol. The molecule has 0 aromatic carbocycles. The number of ether oxygens (including phenoxy) is 1. The lowest BCUT2D eigenvalue weighted by molar-refractivity contribution is -0.115. The summed E-state index contributed by atoms with van der Waals surface area (Å²) in [6.07, 6.45) is -0.272. The molecule has 0 aliphatic heterocycles. The summed E-state index contributed by atoms with van der Waals surface area (Å²) in [6.45, 7) is 0. The van der Waals surface area contributed by atoms with Gasteiger partial charge in [-0.25, -0.2) is 4.79 Å². The summed E-state index contributed by atoms with van der Waals surface area (Å²) >= 11 is 0. The van der Waals surface area contributed by atoms with Crippen molar-refractivity contribution in [1.29, 1.82) is 0 Å². The number of rotatable bonds is 1. The SMILES string of the molecule is COC(=O)N(C)C=O. The molecule has 0 spiro atoms. The molecule has 0 aromatic rings. The van der Waals surface area contributed by atoms with Crippen LogP contribution in [0, 0.1) is 0 Å². The zero-order valence-electron chi connectivity index (χ0n) is 4.75. The van der Waals surface area contributed by atoms with Crippen LogP contribution in [0.1, 0.15) is 0 Å². The van der Waals surface area contributed by atoms with Crippen LogP contribution >= 0.6 is 0 Å². The molecule has 4 nitrogen and oxygen atoms in total. The smallest absolute Gasteiger partial charge is 0.415 e. The third kappa shape index (κ3) is 1.59. The summed E-state index contributed by atoms with van der Waals surface area (Å²) in [6, 6.07) is 0. The van der Waals surface area contributed by atoms with Crippen molar-refractivity contribution in [2.45, 2.75) is 0 Å². The molecule has 0 radical (unpaired) electrons. The number of carbonyl (C=O) groups excluding carboxylic acids is 2. The maximum atomic E-state index is 10.2. The Morgan fingerprint density at radius 1 is 1.75 bits per heavy atom. The van der Waals surface area contributed by atoms with Crippen molar-refractivity contribution in [1.82, 2.24) is 4.90 Å². The molecular formula is C4H7NO3. The van der Waals surface area contributed by atoms with Crippen LogP contribution in [0.4, 0.5) is 4.79 Å². The van der Waals surface area contributed by atoms with E-state index >= 15 is 0 Å². The minimum Gasteiger partial charge on any atom is -0.452 e. The maximum absolute atomic E-state index is 10.2. The molecule has 0 fully saturated rings. The maximum Gasteiger partial charge on any atom is 0.415 e. The molecule has 0 saturated heterocycles. The van der Waals surface area contributed by atoms with E-state index < -0.39 is 6.09 Å². The predicted octanol–water partition coefficient (Wildman–Crippen LogP) is -0.159. The molecule has 0 saturated carbocycles. The highest BCUT2D eigenvalue weighted by atomic mass is 16.5. The number of hydrogen-bond donors (Lipinski definition) is 0. The van der Waals surface area contributed by atoms with Crippen LogP contribution < -0.4 is 0 Å². The normalized spacial score (nSPS) is 7.75. The molecule has 0 rings (SSSR count). The summed E-state index contributed by atoms with van der Waals surface area (Å²) in [7, 11) is 2.53. The molecule has 0 aliphatic rings. The van der Waals surface area contributed by atoms with E-state index in [0.29, 0.717) is 6.41 Å². The number of hydrogen-bond acceptors (Lipinski definition) is 3. The van der Waals surface area contributed by atoms with Gasteiger partial charge < -0.3 is 4.74 Å². The lowest BCUT2D eigenvalue weighted by Crippen LogP contribution is -2.24. The van der Waals surface area contributed by atoms with Gasteiger partial charge in [-0.15, -0.1) is 0 Å². The number of carbonyl (C=O) groups is 2. The molecule has 0 heterocycles. The molecule has 8 heavy (non-hydrogen) atoms. The Bertz CT molecular complexity index is 101. The van der Waals surface area contributed by atoms with Crippen molar-refractivity contribution in [3.63, 3.8) is 0 Å². The Balaban J connectivity index is 3.62. The molecule has 0 aromatic heterocycles. The highest BCUT2D eigenvalue weighted by molar-refractivity contribution is 5.79. The van der Waals surface area contributed by atoms with E-state index in [-0.39, 0.29) is 0 Å². The third-order valence-corrected chi connectivity index (χ3v) is 0.621. The summed E-state index contributed by atoms with van der Waals surface area (Å²) in [5.41, 5.74) is 0. The van der Waals surface area contributed by atoms with Crippen molar-refractivity contribution in [3.05, 3.63) is 0 Å². The predicted molar refractivity (Wildman–Crippen MR) is 26.2 cm³/mol. The van der Waals surface area contributed by atoms with Gasteiger partial charge in [0.2, 0.25) is 6.41 Å². The number of methoxy groups -OCH3 is 1. The van der Waals surface area contributed by atoms with Crippen LogP contribution in [0.25, 0.3) is 0 Å². The zero-order chi connectivity index (χ0) is 6.57. The van der Waals surface area contributed by atoms with E-state index in [1.54, 1.807) is 0 Å². The average Bonchev–Trinajstić information content (AvgIpc) is 1.84. The minimum atomic E-state index is -0.653. The second kappa shape index (κ2) is 3.01. The second-order valence-electron chi connectivity index (χ2n) is 1.19. The second-order valence-corrected chi connectivity index (χ2v) is 1.19. The molecular weight excluding hydrogens is 110 g/mol. The quantitative estimate of drug-likeness (QED) is 0.448. The van der Waals surface area contributed by atoms with Crippen molar-refractivity contribution in [3.8, 4) is 0 Å².